The maximum Gasteiger partial charge on any atom is 0.408 e. The highest BCUT2D eigenvalue weighted by Gasteiger charge is 2.23. The first-order valence-corrected chi connectivity index (χ1v) is 9.05. The largest absolute Gasteiger partial charge is 0.467 e. The Bertz CT molecular complexity index is 694. The summed E-state index contributed by atoms with van der Waals surface area (Å²) in [6.07, 6.45) is -0.691. The molecule has 1 rings (SSSR count). The lowest BCUT2D eigenvalue weighted by Gasteiger charge is -2.21. The minimum atomic E-state index is -4.02. The molecule has 0 spiro atoms. The summed E-state index contributed by atoms with van der Waals surface area (Å²) < 4.78 is 38.9. The lowest BCUT2D eigenvalue weighted by Crippen LogP contribution is -2.48. The molecular weight excluding hydrogens is 364 g/mol. The molecule has 0 aliphatic carbocycles. The van der Waals surface area contributed by atoms with Gasteiger partial charge in [0.2, 0.25) is 0 Å². The Morgan fingerprint density at radius 1 is 1.23 bits per heavy atom. The molecule has 1 aromatic rings. The summed E-state index contributed by atoms with van der Waals surface area (Å²) >= 11 is 0. The molecule has 1 atom stereocenters. The van der Waals surface area contributed by atoms with E-state index in [9.17, 15) is 18.0 Å². The summed E-state index contributed by atoms with van der Waals surface area (Å²) in [6, 6.07) is 5.12. The van der Waals surface area contributed by atoms with E-state index < -0.39 is 33.8 Å². The molecule has 0 saturated carbocycles. The molecule has 4 N–H and O–H groups in total. The first-order chi connectivity index (χ1) is 11.8. The van der Waals surface area contributed by atoms with Gasteiger partial charge in [0.15, 0.2) is 0 Å². The minimum absolute atomic E-state index is 0.0358. The van der Waals surface area contributed by atoms with Gasteiger partial charge in [-0.3, -0.25) is 4.55 Å². The zero-order chi connectivity index (χ0) is 20.5. The molecule has 0 fully saturated rings. The van der Waals surface area contributed by atoms with Gasteiger partial charge in [-0.25, -0.2) is 9.59 Å². The number of hydrogen-bond donors (Lipinski definition) is 3. The molecule has 0 unspecified atom stereocenters. The predicted octanol–water partition coefficient (Wildman–Crippen LogP) is 1.25. The monoisotopic (exact) mass is 390 g/mol. The summed E-state index contributed by atoms with van der Waals surface area (Å²) in [5.41, 5.74) is 5.63. The number of aryl methyl sites for hydroxylation is 1. The van der Waals surface area contributed by atoms with E-state index in [1.54, 1.807) is 32.9 Å². The van der Waals surface area contributed by atoms with Crippen LogP contribution < -0.4 is 11.1 Å². The number of benzene rings is 1. The summed E-state index contributed by atoms with van der Waals surface area (Å²) in [4.78, 5) is 22.3. The van der Waals surface area contributed by atoms with Gasteiger partial charge in [0.25, 0.3) is 10.1 Å². The fourth-order valence-electron chi connectivity index (χ4n) is 1.52. The van der Waals surface area contributed by atoms with Gasteiger partial charge < -0.3 is 20.5 Å². The van der Waals surface area contributed by atoms with Gasteiger partial charge in [-0.1, -0.05) is 17.7 Å². The van der Waals surface area contributed by atoms with Crippen molar-refractivity contribution >= 4 is 22.2 Å². The topological polar surface area (TPSA) is 145 Å². The van der Waals surface area contributed by atoms with Gasteiger partial charge in [-0.2, -0.15) is 8.42 Å². The molecule has 1 amide bonds. The number of carbonyl (C=O) groups excluding carboxylic acids is 2. The first-order valence-electron chi connectivity index (χ1n) is 7.61. The second-order valence-corrected chi connectivity index (χ2v) is 7.67. The third-order valence-corrected chi connectivity index (χ3v) is 3.60. The molecule has 10 heteroatoms. The Kier molecular flexibility index (Phi) is 9.25. The van der Waals surface area contributed by atoms with E-state index >= 15 is 0 Å². The Balaban J connectivity index is 0.000000502. The SMILES string of the molecule is COC(=O)[C@@H](CN)NC(=O)OC(C)(C)C.Cc1ccc(S(=O)(=O)O)cc1. The van der Waals surface area contributed by atoms with Crippen LogP contribution in [0.1, 0.15) is 26.3 Å². The highest BCUT2D eigenvalue weighted by atomic mass is 32.2. The second kappa shape index (κ2) is 10.1. The summed E-state index contributed by atoms with van der Waals surface area (Å²) in [5.74, 6) is -0.594. The summed E-state index contributed by atoms with van der Waals surface area (Å²) in [5, 5.41) is 2.31. The first kappa shape index (κ1) is 23.8. The molecule has 0 saturated heterocycles. The van der Waals surface area contributed by atoms with Crippen molar-refractivity contribution in [3.8, 4) is 0 Å². The van der Waals surface area contributed by atoms with Crippen molar-refractivity contribution in [3.63, 3.8) is 0 Å². The molecule has 9 nitrogen and oxygen atoms in total. The van der Waals surface area contributed by atoms with Crippen molar-refractivity contribution < 1.29 is 32.0 Å². The van der Waals surface area contributed by atoms with Gasteiger partial charge in [-0.15, -0.1) is 0 Å². The number of nitrogens with two attached hydrogens (primary N) is 1. The zero-order valence-electron chi connectivity index (χ0n) is 15.5. The third-order valence-electron chi connectivity index (χ3n) is 2.73. The number of rotatable bonds is 4. The number of alkyl carbamates (subject to hydrolysis) is 1. The van der Waals surface area contributed by atoms with Gasteiger partial charge >= 0.3 is 12.1 Å². The molecule has 0 aliphatic heterocycles. The van der Waals surface area contributed by atoms with Crippen LogP contribution in [0.25, 0.3) is 0 Å². The van der Waals surface area contributed by atoms with E-state index in [-0.39, 0.29) is 11.4 Å². The van der Waals surface area contributed by atoms with Crippen LogP contribution in [0.3, 0.4) is 0 Å². The van der Waals surface area contributed by atoms with Crippen LogP contribution >= 0.6 is 0 Å². The molecule has 0 heterocycles. The number of carbonyl (C=O) groups is 2. The van der Waals surface area contributed by atoms with E-state index in [0.29, 0.717) is 0 Å². The lowest BCUT2D eigenvalue weighted by atomic mass is 10.2. The highest BCUT2D eigenvalue weighted by Crippen LogP contribution is 2.08. The number of methoxy groups -OCH3 is 1. The van der Waals surface area contributed by atoms with Crippen LogP contribution in [0.4, 0.5) is 4.79 Å². The Hall–Kier alpha value is -2.17. The number of ether oxygens (including phenoxy) is 2. The Morgan fingerprint density at radius 3 is 2.08 bits per heavy atom. The lowest BCUT2D eigenvalue weighted by molar-refractivity contribution is -0.142. The fourth-order valence-corrected chi connectivity index (χ4v) is 2.00. The van der Waals surface area contributed by atoms with Crippen LogP contribution in [0.15, 0.2) is 29.2 Å². The fraction of sp³-hybridized carbons (Fsp3) is 0.500. The standard InChI is InChI=1S/C9H18N2O4.C7H8O3S/c1-9(2,3)15-8(13)11-6(5-10)7(12)14-4;1-6-2-4-7(5-3-6)11(8,9)10/h6H,5,10H2,1-4H3,(H,11,13);2-5H,1H3,(H,8,9,10)/t6-;/m1./s1. The maximum atomic E-state index is 11.3. The quantitative estimate of drug-likeness (QED) is 0.514. The van der Waals surface area contributed by atoms with Crippen LogP contribution in [0.2, 0.25) is 0 Å². The molecule has 1 aromatic carbocycles. The van der Waals surface area contributed by atoms with E-state index in [1.165, 1.54) is 19.2 Å². The van der Waals surface area contributed by atoms with Crippen molar-refractivity contribution in [3.05, 3.63) is 29.8 Å². The average molecular weight is 390 g/mol. The van der Waals surface area contributed by atoms with Crippen LogP contribution in [-0.2, 0) is 24.4 Å². The van der Waals surface area contributed by atoms with E-state index in [2.05, 4.69) is 10.1 Å². The van der Waals surface area contributed by atoms with Crippen LogP contribution in [0.5, 0.6) is 0 Å². The van der Waals surface area contributed by atoms with Crippen molar-refractivity contribution in [2.24, 2.45) is 5.73 Å². The summed E-state index contributed by atoms with van der Waals surface area (Å²) in [6.45, 7) is 6.98. The smallest absolute Gasteiger partial charge is 0.408 e. The van der Waals surface area contributed by atoms with E-state index in [4.69, 9.17) is 15.0 Å². The van der Waals surface area contributed by atoms with Crippen molar-refractivity contribution in [1.82, 2.24) is 5.32 Å². The van der Waals surface area contributed by atoms with Crippen molar-refractivity contribution in [1.29, 1.82) is 0 Å². The van der Waals surface area contributed by atoms with Gasteiger partial charge in [0.1, 0.15) is 11.6 Å². The number of amides is 1. The van der Waals surface area contributed by atoms with Crippen LogP contribution in [-0.4, -0.2) is 50.3 Å². The van der Waals surface area contributed by atoms with E-state index in [0.717, 1.165) is 5.56 Å². The van der Waals surface area contributed by atoms with Gasteiger partial charge in [0.05, 0.1) is 12.0 Å². The maximum absolute atomic E-state index is 11.3. The van der Waals surface area contributed by atoms with E-state index in [1.807, 2.05) is 6.92 Å². The molecule has 0 aromatic heterocycles. The molecule has 0 bridgehead atoms. The summed E-state index contributed by atoms with van der Waals surface area (Å²) in [7, 11) is -2.80. The Labute approximate surface area is 153 Å². The Morgan fingerprint density at radius 2 is 1.73 bits per heavy atom. The molecule has 0 radical (unpaired) electrons. The minimum Gasteiger partial charge on any atom is -0.467 e. The zero-order valence-corrected chi connectivity index (χ0v) is 16.3. The van der Waals surface area contributed by atoms with Gasteiger partial charge in [-0.05, 0) is 39.8 Å². The number of hydrogen-bond acceptors (Lipinski definition) is 7. The molecule has 26 heavy (non-hydrogen) atoms. The second-order valence-electron chi connectivity index (χ2n) is 6.25. The normalized spacial score (nSPS) is 12.3. The average Bonchev–Trinajstić information content (AvgIpc) is 2.50. The molecular formula is C16H26N2O7S. The predicted molar refractivity (Wildman–Crippen MR) is 95.2 cm³/mol. The molecule has 0 aliphatic rings. The van der Waals surface area contributed by atoms with Crippen molar-refractivity contribution in [2.45, 2.75) is 44.2 Å². The van der Waals surface area contributed by atoms with Crippen molar-refractivity contribution in [2.75, 3.05) is 13.7 Å². The number of nitrogens with one attached hydrogen (secondary N) is 1. The number of esters is 1. The van der Waals surface area contributed by atoms with Crippen LogP contribution in [0, 0.1) is 6.92 Å². The van der Waals surface area contributed by atoms with Gasteiger partial charge in [0, 0.05) is 6.54 Å². The molecule has 148 valence electrons. The third kappa shape index (κ3) is 9.97. The highest BCUT2D eigenvalue weighted by molar-refractivity contribution is 7.85.